The van der Waals surface area contributed by atoms with Crippen LogP contribution >= 0.6 is 43.5 Å². The molecule has 1 aliphatic rings. The molecule has 1 atom stereocenters. The number of hydrogen-bond acceptors (Lipinski definition) is 2. The number of halogens is 3. The average Bonchev–Trinajstić information content (AvgIpc) is 2.79. The highest BCUT2D eigenvalue weighted by molar-refractivity contribution is 9.10. The van der Waals surface area contributed by atoms with Crippen LogP contribution in [0.4, 0.5) is 5.69 Å². The molecule has 2 aromatic carbocycles. The van der Waals surface area contributed by atoms with Gasteiger partial charge >= 0.3 is 0 Å². The maximum atomic E-state index is 5.93. The molecule has 0 amide bonds. The highest BCUT2D eigenvalue weighted by Gasteiger charge is 2.22. The number of fused-ring (bicyclic) bond motifs is 1. The van der Waals surface area contributed by atoms with Crippen LogP contribution in [0.1, 0.15) is 5.56 Å². The van der Waals surface area contributed by atoms with E-state index in [1.54, 1.807) is 0 Å². The summed E-state index contributed by atoms with van der Waals surface area (Å²) in [6.45, 7) is 0.756. The van der Waals surface area contributed by atoms with Crippen molar-refractivity contribution < 1.29 is 4.74 Å². The number of benzene rings is 2. The van der Waals surface area contributed by atoms with Gasteiger partial charge in [0.05, 0.1) is 6.54 Å². The van der Waals surface area contributed by atoms with Crippen molar-refractivity contribution >= 4 is 49.1 Å². The van der Waals surface area contributed by atoms with Crippen LogP contribution in [-0.4, -0.2) is 12.6 Å². The first-order valence-electron chi connectivity index (χ1n) is 6.26. The number of anilines is 1. The Hall–Kier alpha value is -0.710. The lowest BCUT2D eigenvalue weighted by Crippen LogP contribution is -2.24. The number of nitrogens with one attached hydrogen (secondary N) is 1. The van der Waals surface area contributed by atoms with Crippen LogP contribution in [0.5, 0.6) is 5.75 Å². The molecular weight excluding hydrogens is 405 g/mol. The van der Waals surface area contributed by atoms with Crippen molar-refractivity contribution in [2.45, 2.75) is 12.5 Å². The van der Waals surface area contributed by atoms with Gasteiger partial charge in [-0.15, -0.1) is 0 Å². The van der Waals surface area contributed by atoms with Gasteiger partial charge in [0, 0.05) is 26.1 Å². The summed E-state index contributed by atoms with van der Waals surface area (Å²) in [6, 6.07) is 11.8. The molecule has 0 aliphatic carbocycles. The summed E-state index contributed by atoms with van der Waals surface area (Å²) < 4.78 is 7.98. The second-order valence-corrected chi connectivity index (χ2v) is 6.91. The van der Waals surface area contributed by atoms with Crippen molar-refractivity contribution in [1.82, 2.24) is 0 Å². The van der Waals surface area contributed by atoms with Gasteiger partial charge in [-0.05, 0) is 57.9 Å². The van der Waals surface area contributed by atoms with Crippen LogP contribution in [-0.2, 0) is 6.42 Å². The van der Waals surface area contributed by atoms with Crippen LogP contribution in [0.2, 0.25) is 5.02 Å². The first kappa shape index (κ1) is 14.2. The predicted molar refractivity (Wildman–Crippen MR) is 89.9 cm³/mol. The van der Waals surface area contributed by atoms with E-state index in [0.717, 1.165) is 38.4 Å². The zero-order valence-corrected chi connectivity index (χ0v) is 14.4. The first-order chi connectivity index (χ1) is 9.61. The second-order valence-electron chi connectivity index (χ2n) is 4.70. The third kappa shape index (κ3) is 3.13. The summed E-state index contributed by atoms with van der Waals surface area (Å²) in [5, 5.41) is 4.11. The summed E-state index contributed by atoms with van der Waals surface area (Å²) >= 11 is 12.9. The highest BCUT2D eigenvalue weighted by Crippen LogP contribution is 2.32. The SMILES string of the molecule is Clc1ccc(NCC2Cc3cc(Br)ccc3O2)c(Br)c1. The molecule has 0 aromatic heterocycles. The Morgan fingerprint density at radius 3 is 2.85 bits per heavy atom. The number of ether oxygens (including phenoxy) is 1. The quantitative estimate of drug-likeness (QED) is 0.734. The molecule has 0 bridgehead atoms. The zero-order valence-electron chi connectivity index (χ0n) is 10.5. The van der Waals surface area contributed by atoms with E-state index in [1.165, 1.54) is 5.56 Å². The molecule has 0 saturated carbocycles. The van der Waals surface area contributed by atoms with Gasteiger partial charge < -0.3 is 10.1 Å². The molecule has 104 valence electrons. The van der Waals surface area contributed by atoms with Gasteiger partial charge in [0.2, 0.25) is 0 Å². The summed E-state index contributed by atoms with van der Waals surface area (Å²) in [6.07, 6.45) is 1.08. The Labute approximate surface area is 139 Å². The lowest BCUT2D eigenvalue weighted by Gasteiger charge is -2.14. The normalized spacial score (nSPS) is 16.6. The molecule has 0 fully saturated rings. The zero-order chi connectivity index (χ0) is 14.1. The van der Waals surface area contributed by atoms with Gasteiger partial charge in [-0.1, -0.05) is 27.5 Å². The minimum Gasteiger partial charge on any atom is -0.488 e. The monoisotopic (exact) mass is 415 g/mol. The lowest BCUT2D eigenvalue weighted by atomic mass is 10.1. The van der Waals surface area contributed by atoms with E-state index in [9.17, 15) is 0 Å². The predicted octanol–water partition coefficient (Wildman–Crippen LogP) is 5.28. The fourth-order valence-corrected chi connectivity index (χ4v) is 3.49. The number of hydrogen-bond donors (Lipinski definition) is 1. The fraction of sp³-hybridized carbons (Fsp3) is 0.200. The van der Waals surface area contributed by atoms with Crippen molar-refractivity contribution in [2.75, 3.05) is 11.9 Å². The van der Waals surface area contributed by atoms with E-state index < -0.39 is 0 Å². The maximum absolute atomic E-state index is 5.93. The van der Waals surface area contributed by atoms with Crippen molar-refractivity contribution in [3.8, 4) is 5.75 Å². The Morgan fingerprint density at radius 2 is 2.05 bits per heavy atom. The Kier molecular flexibility index (Phi) is 4.24. The average molecular weight is 418 g/mol. The van der Waals surface area contributed by atoms with Crippen molar-refractivity contribution in [2.24, 2.45) is 0 Å². The maximum Gasteiger partial charge on any atom is 0.123 e. The van der Waals surface area contributed by atoms with Gasteiger partial charge in [0.1, 0.15) is 11.9 Å². The summed E-state index contributed by atoms with van der Waals surface area (Å²) in [7, 11) is 0. The molecule has 1 N–H and O–H groups in total. The fourth-order valence-electron chi connectivity index (χ4n) is 2.26. The minimum atomic E-state index is 0.155. The second kappa shape index (κ2) is 5.96. The molecule has 3 rings (SSSR count). The third-order valence-electron chi connectivity index (χ3n) is 3.22. The standard InChI is InChI=1S/C15H12Br2ClNO/c16-10-1-4-15-9(5-10)6-12(20-15)8-19-14-3-2-11(18)7-13(14)17/h1-5,7,12,19H,6,8H2. The molecule has 20 heavy (non-hydrogen) atoms. The van der Waals surface area contributed by atoms with Gasteiger partial charge in [0.15, 0.2) is 0 Å². The smallest absolute Gasteiger partial charge is 0.123 e. The van der Waals surface area contributed by atoms with Gasteiger partial charge in [0.25, 0.3) is 0 Å². The van der Waals surface area contributed by atoms with Crippen molar-refractivity contribution in [3.05, 3.63) is 55.9 Å². The lowest BCUT2D eigenvalue weighted by molar-refractivity contribution is 0.246. The highest BCUT2D eigenvalue weighted by atomic mass is 79.9. The Morgan fingerprint density at radius 1 is 1.20 bits per heavy atom. The molecule has 1 aliphatic heterocycles. The van der Waals surface area contributed by atoms with Gasteiger partial charge in [-0.2, -0.15) is 0 Å². The summed E-state index contributed by atoms with van der Waals surface area (Å²) in [4.78, 5) is 0. The molecule has 5 heteroatoms. The van der Waals surface area contributed by atoms with E-state index in [-0.39, 0.29) is 6.10 Å². The van der Waals surface area contributed by atoms with E-state index >= 15 is 0 Å². The van der Waals surface area contributed by atoms with Crippen LogP contribution < -0.4 is 10.1 Å². The molecular formula is C15H12Br2ClNO. The van der Waals surface area contributed by atoms with Crippen LogP contribution in [0, 0.1) is 0 Å². The Bertz CT molecular complexity index is 648. The summed E-state index contributed by atoms with van der Waals surface area (Å²) in [5.41, 5.74) is 2.27. The molecule has 0 spiro atoms. The molecule has 1 heterocycles. The molecule has 1 unspecified atom stereocenters. The van der Waals surface area contributed by atoms with Crippen molar-refractivity contribution in [1.29, 1.82) is 0 Å². The Balaban J connectivity index is 1.63. The summed E-state index contributed by atoms with van der Waals surface area (Å²) in [5.74, 6) is 0.982. The largest absolute Gasteiger partial charge is 0.488 e. The van der Waals surface area contributed by atoms with E-state index in [1.807, 2.05) is 30.3 Å². The van der Waals surface area contributed by atoms with E-state index in [2.05, 4.69) is 43.2 Å². The van der Waals surface area contributed by atoms with Crippen LogP contribution in [0.3, 0.4) is 0 Å². The van der Waals surface area contributed by atoms with Crippen LogP contribution in [0.25, 0.3) is 0 Å². The minimum absolute atomic E-state index is 0.155. The molecule has 0 saturated heterocycles. The van der Waals surface area contributed by atoms with E-state index in [4.69, 9.17) is 16.3 Å². The molecule has 2 nitrogen and oxygen atoms in total. The van der Waals surface area contributed by atoms with Crippen molar-refractivity contribution in [3.63, 3.8) is 0 Å². The molecule has 0 radical (unpaired) electrons. The van der Waals surface area contributed by atoms with Crippen LogP contribution in [0.15, 0.2) is 45.3 Å². The van der Waals surface area contributed by atoms with Gasteiger partial charge in [-0.3, -0.25) is 0 Å². The number of rotatable bonds is 3. The van der Waals surface area contributed by atoms with E-state index in [0.29, 0.717) is 0 Å². The molecule has 2 aromatic rings. The third-order valence-corrected chi connectivity index (χ3v) is 4.60. The topological polar surface area (TPSA) is 21.3 Å². The first-order valence-corrected chi connectivity index (χ1v) is 8.22. The van der Waals surface area contributed by atoms with Gasteiger partial charge in [-0.25, -0.2) is 0 Å².